The first-order chi connectivity index (χ1) is 12.6. The van der Waals surface area contributed by atoms with Gasteiger partial charge in [0.05, 0.1) is 5.69 Å². The number of thiazole rings is 1. The fourth-order valence-electron chi connectivity index (χ4n) is 3.95. The molecule has 0 saturated carbocycles. The number of piperidine rings is 1. The summed E-state index contributed by atoms with van der Waals surface area (Å²) < 4.78 is 0. The van der Waals surface area contributed by atoms with Crippen molar-refractivity contribution in [3.8, 4) is 11.3 Å². The van der Waals surface area contributed by atoms with E-state index in [1.54, 1.807) is 11.3 Å². The minimum Gasteiger partial charge on any atom is -0.374 e. The molecule has 0 aliphatic carbocycles. The van der Waals surface area contributed by atoms with Gasteiger partial charge in [0.2, 0.25) is 5.91 Å². The second-order valence-corrected chi connectivity index (χ2v) is 8.59. The Balaban J connectivity index is 1.46. The summed E-state index contributed by atoms with van der Waals surface area (Å²) in [5, 5.41) is 7.08. The van der Waals surface area contributed by atoms with E-state index in [9.17, 15) is 4.79 Å². The van der Waals surface area contributed by atoms with Gasteiger partial charge < -0.3 is 15.5 Å². The van der Waals surface area contributed by atoms with Crippen LogP contribution in [-0.2, 0) is 11.2 Å². The standard InChI is InChI=1S/C20H26N4OS/c1-13-19(16-3-4-17-15(12-16)7-10-24(17)2)23-20(26-13)22-18(25)11-14-5-8-21-9-6-14/h3-4,12,14,21H,5-11H2,1-2H3,(H,22,23,25). The molecule has 4 rings (SSSR count). The number of nitrogens with one attached hydrogen (secondary N) is 2. The Hall–Kier alpha value is -1.92. The van der Waals surface area contributed by atoms with Crippen LogP contribution in [0.15, 0.2) is 18.2 Å². The van der Waals surface area contributed by atoms with E-state index in [2.05, 4.69) is 47.7 Å². The molecule has 6 heteroatoms. The number of aryl methyl sites for hydroxylation is 1. The molecule has 1 fully saturated rings. The predicted molar refractivity (Wildman–Crippen MR) is 108 cm³/mol. The number of anilines is 2. The molecule has 138 valence electrons. The highest BCUT2D eigenvalue weighted by Crippen LogP contribution is 2.35. The van der Waals surface area contributed by atoms with Gasteiger partial charge in [-0.15, -0.1) is 11.3 Å². The van der Waals surface area contributed by atoms with E-state index in [1.165, 1.54) is 11.3 Å². The van der Waals surface area contributed by atoms with Gasteiger partial charge in [-0.2, -0.15) is 0 Å². The SMILES string of the molecule is Cc1sc(NC(=O)CC2CCNCC2)nc1-c1ccc2c(c1)CCN2C. The quantitative estimate of drug-likeness (QED) is 0.866. The number of carbonyl (C=O) groups is 1. The molecule has 0 bridgehead atoms. The molecule has 1 saturated heterocycles. The molecule has 5 nitrogen and oxygen atoms in total. The zero-order valence-electron chi connectivity index (χ0n) is 15.5. The van der Waals surface area contributed by atoms with Gasteiger partial charge in [-0.25, -0.2) is 4.98 Å². The third-order valence-electron chi connectivity index (χ3n) is 5.46. The third kappa shape index (κ3) is 3.62. The van der Waals surface area contributed by atoms with E-state index in [4.69, 9.17) is 4.98 Å². The second-order valence-electron chi connectivity index (χ2n) is 7.38. The average molecular weight is 371 g/mol. The van der Waals surface area contributed by atoms with Gasteiger partial charge in [0, 0.05) is 36.1 Å². The highest BCUT2D eigenvalue weighted by molar-refractivity contribution is 7.16. The number of hydrogen-bond acceptors (Lipinski definition) is 5. The van der Waals surface area contributed by atoms with Gasteiger partial charge in [0.15, 0.2) is 5.13 Å². The Bertz CT molecular complexity index is 810. The number of rotatable bonds is 4. The Labute approximate surface area is 158 Å². The Morgan fingerprint density at radius 2 is 2.19 bits per heavy atom. The third-order valence-corrected chi connectivity index (χ3v) is 6.34. The summed E-state index contributed by atoms with van der Waals surface area (Å²) in [6, 6.07) is 6.58. The molecule has 1 aromatic carbocycles. The van der Waals surface area contributed by atoms with Crippen LogP contribution in [0.1, 0.15) is 29.7 Å². The molecular weight excluding hydrogens is 344 g/mol. The molecule has 0 radical (unpaired) electrons. The first kappa shape index (κ1) is 17.5. The normalized spacial score (nSPS) is 17.4. The van der Waals surface area contributed by atoms with Crippen molar-refractivity contribution in [2.75, 3.05) is 36.9 Å². The maximum atomic E-state index is 12.4. The number of nitrogens with zero attached hydrogens (tertiary/aromatic N) is 2. The van der Waals surface area contributed by atoms with Crippen LogP contribution in [0.3, 0.4) is 0 Å². The van der Waals surface area contributed by atoms with Crippen LogP contribution < -0.4 is 15.5 Å². The lowest BCUT2D eigenvalue weighted by Gasteiger charge is -2.21. The van der Waals surface area contributed by atoms with Crippen molar-refractivity contribution >= 4 is 28.1 Å². The summed E-state index contributed by atoms with van der Waals surface area (Å²) in [4.78, 5) is 20.5. The molecule has 2 aromatic rings. The Morgan fingerprint density at radius 1 is 1.38 bits per heavy atom. The molecule has 3 heterocycles. The topological polar surface area (TPSA) is 57.3 Å². The largest absolute Gasteiger partial charge is 0.374 e. The first-order valence-corrected chi connectivity index (χ1v) is 10.2. The Kier molecular flexibility index (Phi) is 4.96. The lowest BCUT2D eigenvalue weighted by atomic mass is 9.94. The van der Waals surface area contributed by atoms with Gasteiger partial charge >= 0.3 is 0 Å². The van der Waals surface area contributed by atoms with Crippen molar-refractivity contribution in [2.45, 2.75) is 32.6 Å². The zero-order chi connectivity index (χ0) is 18.1. The lowest BCUT2D eigenvalue weighted by molar-refractivity contribution is -0.117. The van der Waals surface area contributed by atoms with Crippen molar-refractivity contribution in [2.24, 2.45) is 5.92 Å². The number of hydrogen-bond donors (Lipinski definition) is 2. The maximum absolute atomic E-state index is 12.4. The summed E-state index contributed by atoms with van der Waals surface area (Å²) in [5.41, 5.74) is 4.84. The van der Waals surface area contributed by atoms with Gasteiger partial charge in [-0.05, 0) is 62.9 Å². The second kappa shape index (κ2) is 7.37. The number of likely N-dealkylation sites (N-methyl/N-ethyl adjacent to an activating group) is 1. The molecule has 1 amide bonds. The number of amides is 1. The van der Waals surface area contributed by atoms with E-state index in [0.29, 0.717) is 17.5 Å². The fraction of sp³-hybridized carbons (Fsp3) is 0.500. The molecule has 0 spiro atoms. The van der Waals surface area contributed by atoms with Crippen LogP contribution in [0.2, 0.25) is 0 Å². The molecule has 1 aromatic heterocycles. The van der Waals surface area contributed by atoms with Crippen LogP contribution in [0.4, 0.5) is 10.8 Å². The van der Waals surface area contributed by atoms with E-state index in [-0.39, 0.29) is 5.91 Å². The van der Waals surface area contributed by atoms with Crippen LogP contribution in [0.5, 0.6) is 0 Å². The van der Waals surface area contributed by atoms with E-state index in [0.717, 1.165) is 55.0 Å². The highest BCUT2D eigenvalue weighted by Gasteiger charge is 2.20. The molecule has 2 aliphatic rings. The first-order valence-electron chi connectivity index (χ1n) is 9.42. The zero-order valence-corrected chi connectivity index (χ0v) is 16.3. The predicted octanol–water partition coefficient (Wildman–Crippen LogP) is 3.44. The summed E-state index contributed by atoms with van der Waals surface area (Å²) in [5.74, 6) is 0.582. The van der Waals surface area contributed by atoms with Crippen molar-refractivity contribution < 1.29 is 4.79 Å². The van der Waals surface area contributed by atoms with Gasteiger partial charge in [0.25, 0.3) is 0 Å². The van der Waals surface area contributed by atoms with E-state index in [1.807, 2.05) is 0 Å². The maximum Gasteiger partial charge on any atom is 0.226 e. The average Bonchev–Trinajstić information content (AvgIpc) is 3.18. The molecule has 2 N–H and O–H groups in total. The molecular formula is C20H26N4OS. The Morgan fingerprint density at radius 3 is 3.00 bits per heavy atom. The van der Waals surface area contributed by atoms with Crippen LogP contribution in [0.25, 0.3) is 11.3 Å². The van der Waals surface area contributed by atoms with Crippen LogP contribution in [-0.4, -0.2) is 37.6 Å². The number of fused-ring (bicyclic) bond motifs is 1. The monoisotopic (exact) mass is 370 g/mol. The van der Waals surface area contributed by atoms with Crippen molar-refractivity contribution in [3.63, 3.8) is 0 Å². The highest BCUT2D eigenvalue weighted by atomic mass is 32.1. The number of carbonyl (C=O) groups excluding carboxylic acids is 1. The molecule has 0 atom stereocenters. The minimum atomic E-state index is 0.0905. The van der Waals surface area contributed by atoms with Crippen molar-refractivity contribution in [1.82, 2.24) is 10.3 Å². The number of benzene rings is 1. The van der Waals surface area contributed by atoms with E-state index >= 15 is 0 Å². The van der Waals surface area contributed by atoms with E-state index < -0.39 is 0 Å². The summed E-state index contributed by atoms with van der Waals surface area (Å²) in [6.45, 7) is 5.19. The smallest absolute Gasteiger partial charge is 0.226 e. The van der Waals surface area contributed by atoms with Crippen molar-refractivity contribution in [1.29, 1.82) is 0 Å². The molecule has 0 unspecified atom stereocenters. The van der Waals surface area contributed by atoms with Gasteiger partial charge in [-0.3, -0.25) is 4.79 Å². The van der Waals surface area contributed by atoms with Crippen LogP contribution in [0, 0.1) is 12.8 Å². The van der Waals surface area contributed by atoms with Gasteiger partial charge in [0.1, 0.15) is 0 Å². The lowest BCUT2D eigenvalue weighted by Crippen LogP contribution is -2.30. The fourth-order valence-corrected chi connectivity index (χ4v) is 4.80. The molecule has 26 heavy (non-hydrogen) atoms. The van der Waals surface area contributed by atoms with Gasteiger partial charge in [-0.1, -0.05) is 6.07 Å². The van der Waals surface area contributed by atoms with Crippen LogP contribution >= 0.6 is 11.3 Å². The summed E-state index contributed by atoms with van der Waals surface area (Å²) in [6.07, 6.45) is 3.85. The number of aromatic nitrogens is 1. The molecule has 2 aliphatic heterocycles. The van der Waals surface area contributed by atoms with Crippen molar-refractivity contribution in [3.05, 3.63) is 28.6 Å². The summed E-state index contributed by atoms with van der Waals surface area (Å²) in [7, 11) is 2.13. The summed E-state index contributed by atoms with van der Waals surface area (Å²) >= 11 is 1.57. The minimum absolute atomic E-state index is 0.0905.